The summed E-state index contributed by atoms with van der Waals surface area (Å²) in [6, 6.07) is 10.8. The molecule has 2 aromatic rings. The highest BCUT2D eigenvalue weighted by molar-refractivity contribution is 7.89. The predicted octanol–water partition coefficient (Wildman–Crippen LogP) is 2.65. The number of hydrogen-bond donors (Lipinski definition) is 0. The van der Waals surface area contributed by atoms with Gasteiger partial charge >= 0.3 is 0 Å². The molecule has 26 heavy (non-hydrogen) atoms. The van der Waals surface area contributed by atoms with Gasteiger partial charge in [0.2, 0.25) is 10.0 Å². The van der Waals surface area contributed by atoms with Gasteiger partial charge in [0.1, 0.15) is 23.1 Å². The first kappa shape index (κ1) is 18.8. The van der Waals surface area contributed by atoms with Crippen LogP contribution in [0.25, 0.3) is 0 Å². The van der Waals surface area contributed by atoms with Gasteiger partial charge in [-0.15, -0.1) is 0 Å². The molecule has 140 valence electrons. The molecule has 1 heterocycles. The summed E-state index contributed by atoms with van der Waals surface area (Å²) in [6.07, 6.45) is 0. The first-order chi connectivity index (χ1) is 12.3. The van der Waals surface area contributed by atoms with Crippen molar-refractivity contribution in [3.05, 3.63) is 59.4 Å². The second-order valence-electron chi connectivity index (χ2n) is 6.82. The molecule has 0 radical (unpaired) electrons. The molecule has 0 N–H and O–H groups in total. The number of fused-ring (bicyclic) bond motifs is 1. The van der Waals surface area contributed by atoms with Crippen LogP contribution in [0.2, 0.25) is 0 Å². The fourth-order valence-corrected chi connectivity index (χ4v) is 4.81. The summed E-state index contributed by atoms with van der Waals surface area (Å²) < 4.78 is 48.0. The minimum absolute atomic E-state index is 0.145. The number of halogens is 1. The molecule has 1 aliphatic heterocycles. The molecule has 0 bridgehead atoms. The van der Waals surface area contributed by atoms with Crippen molar-refractivity contribution >= 4 is 10.0 Å². The number of likely N-dealkylation sites (N-methyl/N-ethyl adjacent to an activating group) is 1. The molecule has 1 aliphatic rings. The van der Waals surface area contributed by atoms with Crippen LogP contribution >= 0.6 is 0 Å². The van der Waals surface area contributed by atoms with Crippen LogP contribution in [0, 0.1) is 12.7 Å². The molecular weight excluding hydrogens is 355 g/mol. The fraction of sp³-hybridized carbons (Fsp3) is 0.368. The average molecular weight is 378 g/mol. The third kappa shape index (κ3) is 3.75. The molecule has 0 aromatic heterocycles. The van der Waals surface area contributed by atoms with Gasteiger partial charge in [-0.25, -0.2) is 12.8 Å². The number of sulfonamides is 1. The molecule has 0 amide bonds. The van der Waals surface area contributed by atoms with E-state index in [0.717, 1.165) is 11.1 Å². The van der Waals surface area contributed by atoms with Gasteiger partial charge in [-0.05, 0) is 39.2 Å². The lowest BCUT2D eigenvalue weighted by atomic mass is 10.1. The van der Waals surface area contributed by atoms with Gasteiger partial charge in [-0.1, -0.05) is 29.8 Å². The van der Waals surface area contributed by atoms with Crippen LogP contribution in [0.4, 0.5) is 4.39 Å². The van der Waals surface area contributed by atoms with E-state index < -0.39 is 21.9 Å². The number of benzene rings is 2. The molecule has 1 atom stereocenters. The summed E-state index contributed by atoms with van der Waals surface area (Å²) in [5.74, 6) is -0.0728. The largest absolute Gasteiger partial charge is 0.492 e. The first-order valence-electron chi connectivity index (χ1n) is 8.42. The Morgan fingerprint density at radius 1 is 1.23 bits per heavy atom. The molecule has 2 aromatic carbocycles. The highest BCUT2D eigenvalue weighted by atomic mass is 32.2. The zero-order valence-corrected chi connectivity index (χ0v) is 16.0. The lowest BCUT2D eigenvalue weighted by Crippen LogP contribution is -2.47. The summed E-state index contributed by atoms with van der Waals surface area (Å²) >= 11 is 0. The van der Waals surface area contributed by atoms with Gasteiger partial charge in [-0.3, -0.25) is 0 Å². The second kappa shape index (κ2) is 7.34. The van der Waals surface area contributed by atoms with E-state index in [1.54, 1.807) is 0 Å². The Kier molecular flexibility index (Phi) is 5.32. The van der Waals surface area contributed by atoms with Crippen molar-refractivity contribution in [2.24, 2.45) is 0 Å². The Hall–Kier alpha value is -1.96. The predicted molar refractivity (Wildman–Crippen MR) is 98.1 cm³/mol. The summed E-state index contributed by atoms with van der Waals surface area (Å²) in [5.41, 5.74) is 1.80. The molecule has 0 saturated heterocycles. The van der Waals surface area contributed by atoms with Crippen LogP contribution in [0.15, 0.2) is 47.4 Å². The minimum Gasteiger partial charge on any atom is -0.492 e. The highest BCUT2D eigenvalue weighted by Gasteiger charge is 2.36. The SMILES string of the molecule is Cc1ccc2c(c1)CN(S(=O)(=O)c1ccccc1F)[C@@H](CN(C)C)CO2. The Morgan fingerprint density at radius 3 is 2.65 bits per heavy atom. The average Bonchev–Trinajstić information content (AvgIpc) is 2.74. The van der Waals surface area contributed by atoms with Crippen LogP contribution in [-0.4, -0.2) is 50.9 Å². The van der Waals surface area contributed by atoms with Crippen LogP contribution < -0.4 is 4.74 Å². The van der Waals surface area contributed by atoms with E-state index in [1.165, 1.54) is 28.6 Å². The van der Waals surface area contributed by atoms with Crippen molar-refractivity contribution in [3.8, 4) is 5.75 Å². The first-order valence-corrected chi connectivity index (χ1v) is 9.86. The zero-order chi connectivity index (χ0) is 18.9. The number of ether oxygens (including phenoxy) is 1. The van der Waals surface area contributed by atoms with Crippen molar-refractivity contribution < 1.29 is 17.5 Å². The Labute approximate surface area is 154 Å². The maximum absolute atomic E-state index is 14.2. The van der Waals surface area contributed by atoms with Gasteiger partial charge in [0.25, 0.3) is 0 Å². The van der Waals surface area contributed by atoms with Crippen molar-refractivity contribution in [2.45, 2.75) is 24.4 Å². The Bertz CT molecular complexity index is 899. The van der Waals surface area contributed by atoms with Gasteiger partial charge in [-0.2, -0.15) is 4.31 Å². The maximum atomic E-state index is 14.2. The lowest BCUT2D eigenvalue weighted by molar-refractivity contribution is 0.184. The van der Waals surface area contributed by atoms with E-state index in [4.69, 9.17) is 4.74 Å². The molecular formula is C19H23FN2O3S. The van der Waals surface area contributed by atoms with Crippen LogP contribution in [0.1, 0.15) is 11.1 Å². The molecule has 0 spiro atoms. The van der Waals surface area contributed by atoms with E-state index in [0.29, 0.717) is 12.3 Å². The normalized spacial score (nSPS) is 18.3. The van der Waals surface area contributed by atoms with Gasteiger partial charge in [0.05, 0.1) is 6.04 Å². The van der Waals surface area contributed by atoms with Crippen LogP contribution in [0.5, 0.6) is 5.75 Å². The molecule has 0 fully saturated rings. The topological polar surface area (TPSA) is 49.9 Å². The van der Waals surface area contributed by atoms with Crippen molar-refractivity contribution in [2.75, 3.05) is 27.2 Å². The number of nitrogens with zero attached hydrogens (tertiary/aromatic N) is 2. The standard InChI is InChI=1S/C19H23FN2O3S/c1-14-8-9-18-15(10-14)11-22(16(13-25-18)12-21(2)3)26(23,24)19-7-5-4-6-17(19)20/h4-10,16H,11-13H2,1-3H3/t16-/m0/s1. The van der Waals surface area contributed by atoms with Crippen LogP contribution in [0.3, 0.4) is 0 Å². The molecule has 3 rings (SSSR count). The zero-order valence-electron chi connectivity index (χ0n) is 15.1. The summed E-state index contributed by atoms with van der Waals surface area (Å²) in [6.45, 7) is 2.77. The highest BCUT2D eigenvalue weighted by Crippen LogP contribution is 2.31. The molecule has 5 nitrogen and oxygen atoms in total. The minimum atomic E-state index is -4.01. The quantitative estimate of drug-likeness (QED) is 0.821. The Balaban J connectivity index is 2.08. The van der Waals surface area contributed by atoms with Gasteiger partial charge < -0.3 is 9.64 Å². The van der Waals surface area contributed by atoms with E-state index in [-0.39, 0.29) is 18.0 Å². The summed E-state index contributed by atoms with van der Waals surface area (Å²) in [5, 5.41) is 0. The van der Waals surface area contributed by atoms with Gasteiger partial charge in [0.15, 0.2) is 0 Å². The molecule has 0 aliphatic carbocycles. The van der Waals surface area contributed by atoms with Crippen molar-refractivity contribution in [3.63, 3.8) is 0 Å². The second-order valence-corrected chi connectivity index (χ2v) is 8.68. The van der Waals surface area contributed by atoms with Gasteiger partial charge in [0, 0.05) is 18.7 Å². The number of hydrogen-bond acceptors (Lipinski definition) is 4. The van der Waals surface area contributed by atoms with E-state index in [2.05, 4.69) is 0 Å². The lowest BCUT2D eigenvalue weighted by Gasteiger charge is -2.30. The van der Waals surface area contributed by atoms with E-state index in [1.807, 2.05) is 44.1 Å². The summed E-state index contributed by atoms with van der Waals surface area (Å²) in [7, 11) is -0.273. The maximum Gasteiger partial charge on any atom is 0.246 e. The number of aryl methyl sites for hydroxylation is 1. The van der Waals surface area contributed by atoms with Crippen molar-refractivity contribution in [1.29, 1.82) is 0 Å². The molecule has 7 heteroatoms. The molecule has 0 unspecified atom stereocenters. The van der Waals surface area contributed by atoms with Crippen LogP contribution in [-0.2, 0) is 16.6 Å². The van der Waals surface area contributed by atoms with E-state index in [9.17, 15) is 12.8 Å². The van der Waals surface area contributed by atoms with E-state index >= 15 is 0 Å². The molecule has 0 saturated carbocycles. The fourth-order valence-electron chi connectivity index (χ4n) is 3.17. The summed E-state index contributed by atoms with van der Waals surface area (Å²) in [4.78, 5) is 1.60. The van der Waals surface area contributed by atoms with Crippen molar-refractivity contribution in [1.82, 2.24) is 9.21 Å². The third-order valence-electron chi connectivity index (χ3n) is 4.38. The Morgan fingerprint density at radius 2 is 1.96 bits per heavy atom. The third-order valence-corrected chi connectivity index (χ3v) is 6.31. The number of rotatable bonds is 4. The monoisotopic (exact) mass is 378 g/mol. The smallest absolute Gasteiger partial charge is 0.246 e.